The molecule has 1 aliphatic carbocycles. The number of rotatable bonds is 2. The van der Waals surface area contributed by atoms with Crippen molar-refractivity contribution >= 4 is 75.9 Å². The average Bonchev–Trinajstić information content (AvgIpc) is 3.79. The Labute approximate surface area is 306 Å². The summed E-state index contributed by atoms with van der Waals surface area (Å²) in [7, 11) is 0. The molecule has 0 unspecified atom stereocenters. The van der Waals surface area contributed by atoms with E-state index in [0.717, 1.165) is 0 Å². The molecule has 0 saturated carbocycles. The summed E-state index contributed by atoms with van der Waals surface area (Å²) >= 11 is 0. The molecule has 9 aromatic carbocycles. The first-order valence-corrected chi connectivity index (χ1v) is 18.6. The van der Waals surface area contributed by atoms with E-state index in [1.54, 1.807) is 0 Å². The highest BCUT2D eigenvalue weighted by atomic mass is 15.0. The van der Waals surface area contributed by atoms with Crippen LogP contribution in [0.5, 0.6) is 0 Å². The maximum Gasteiger partial charge on any atom is 0.0544 e. The number of benzene rings is 9. The van der Waals surface area contributed by atoms with Crippen molar-refractivity contribution in [3.8, 4) is 22.5 Å². The standard InChI is InChI=1S/C51H34N2/c1-51(2)45-29-49-43(38-20-10-12-22-47(38)52(49)31-14-4-3-5-15-31)27-41(45)42-28-44-39-21-11-13-23-48(39)53(50(44)30-46(42)51)32-24-25-37-35-18-7-6-16-33(35)34-17-8-9-19-36(34)40(37)26-32/h3-30H,1-2H3. The summed E-state index contributed by atoms with van der Waals surface area (Å²) in [5, 5.41) is 12.9. The fourth-order valence-corrected chi connectivity index (χ4v) is 9.82. The van der Waals surface area contributed by atoms with Gasteiger partial charge in [-0.2, -0.15) is 0 Å². The maximum absolute atomic E-state index is 2.50. The van der Waals surface area contributed by atoms with Gasteiger partial charge >= 0.3 is 0 Å². The average molecular weight is 675 g/mol. The second-order valence-electron chi connectivity index (χ2n) is 15.3. The van der Waals surface area contributed by atoms with Crippen molar-refractivity contribution < 1.29 is 0 Å². The van der Waals surface area contributed by atoms with Gasteiger partial charge in [0.05, 0.1) is 22.1 Å². The first-order valence-electron chi connectivity index (χ1n) is 18.6. The van der Waals surface area contributed by atoms with Gasteiger partial charge in [-0.25, -0.2) is 0 Å². The van der Waals surface area contributed by atoms with E-state index in [-0.39, 0.29) is 5.41 Å². The number of nitrogens with zero attached hydrogens (tertiary/aromatic N) is 2. The Bertz CT molecular complexity index is 3320. The minimum absolute atomic E-state index is 0.190. The molecule has 11 aromatic rings. The molecule has 0 radical (unpaired) electrons. The van der Waals surface area contributed by atoms with Gasteiger partial charge in [-0.15, -0.1) is 0 Å². The molecule has 0 amide bonds. The molecule has 0 atom stereocenters. The van der Waals surface area contributed by atoms with Crippen LogP contribution < -0.4 is 0 Å². The molecular weight excluding hydrogens is 641 g/mol. The van der Waals surface area contributed by atoms with E-state index < -0.39 is 0 Å². The molecule has 2 heteroatoms. The third kappa shape index (κ3) is 3.77. The SMILES string of the molecule is CC1(C)c2cc3c(cc2-c2cc4c5ccccc5n(-c5ccc6c7ccccc7c7ccccc7c6c5)c4cc21)c1ccccc1n3-c1ccccc1. The van der Waals surface area contributed by atoms with Crippen molar-refractivity contribution in [1.29, 1.82) is 0 Å². The van der Waals surface area contributed by atoms with E-state index in [9.17, 15) is 0 Å². The molecule has 2 aromatic heterocycles. The topological polar surface area (TPSA) is 9.86 Å². The van der Waals surface area contributed by atoms with Crippen LogP contribution in [0.25, 0.3) is 98.4 Å². The summed E-state index contributed by atoms with van der Waals surface area (Å²) in [4.78, 5) is 0. The summed E-state index contributed by atoms with van der Waals surface area (Å²) in [5.41, 5.74) is 12.6. The molecule has 1 aliphatic rings. The molecule has 0 bridgehead atoms. The number of aromatic nitrogens is 2. The van der Waals surface area contributed by atoms with E-state index in [0.29, 0.717) is 0 Å². The van der Waals surface area contributed by atoms with E-state index in [1.807, 2.05) is 0 Å². The maximum atomic E-state index is 2.50. The van der Waals surface area contributed by atoms with E-state index in [2.05, 4.69) is 193 Å². The Hall–Kier alpha value is -6.64. The third-order valence-corrected chi connectivity index (χ3v) is 12.3. The van der Waals surface area contributed by atoms with Crippen LogP contribution in [0.4, 0.5) is 0 Å². The number of para-hydroxylation sites is 3. The summed E-state index contributed by atoms with van der Waals surface area (Å²) in [5.74, 6) is 0. The molecule has 2 nitrogen and oxygen atoms in total. The lowest BCUT2D eigenvalue weighted by atomic mass is 9.82. The van der Waals surface area contributed by atoms with Crippen LogP contribution in [0.15, 0.2) is 170 Å². The summed E-state index contributed by atoms with van der Waals surface area (Å²) in [6.45, 7) is 4.82. The molecule has 53 heavy (non-hydrogen) atoms. The fourth-order valence-electron chi connectivity index (χ4n) is 9.82. The first-order chi connectivity index (χ1) is 26.1. The highest BCUT2D eigenvalue weighted by molar-refractivity contribution is 6.26. The van der Waals surface area contributed by atoms with Crippen molar-refractivity contribution in [2.75, 3.05) is 0 Å². The normalized spacial score (nSPS) is 13.6. The highest BCUT2D eigenvalue weighted by Crippen LogP contribution is 2.53. The van der Waals surface area contributed by atoms with E-state index >= 15 is 0 Å². The monoisotopic (exact) mass is 674 g/mol. The van der Waals surface area contributed by atoms with Crippen LogP contribution in [-0.4, -0.2) is 9.13 Å². The van der Waals surface area contributed by atoms with Gasteiger partial charge in [0.1, 0.15) is 0 Å². The lowest BCUT2D eigenvalue weighted by Crippen LogP contribution is -2.15. The van der Waals surface area contributed by atoms with Crippen molar-refractivity contribution in [1.82, 2.24) is 9.13 Å². The van der Waals surface area contributed by atoms with Gasteiger partial charge in [0.15, 0.2) is 0 Å². The Morgan fingerprint density at radius 3 is 1.25 bits per heavy atom. The van der Waals surface area contributed by atoms with Crippen LogP contribution in [0, 0.1) is 0 Å². The van der Waals surface area contributed by atoms with Crippen LogP contribution in [0.3, 0.4) is 0 Å². The van der Waals surface area contributed by atoms with Crippen molar-refractivity contribution in [2.24, 2.45) is 0 Å². The first kappa shape index (κ1) is 29.0. The molecule has 2 heterocycles. The fraction of sp³-hybridized carbons (Fsp3) is 0.0588. The molecule has 0 spiro atoms. The predicted molar refractivity (Wildman–Crippen MR) is 225 cm³/mol. The third-order valence-electron chi connectivity index (χ3n) is 12.3. The van der Waals surface area contributed by atoms with Crippen LogP contribution >= 0.6 is 0 Å². The minimum Gasteiger partial charge on any atom is -0.309 e. The number of hydrogen-bond acceptors (Lipinski definition) is 0. The summed E-state index contributed by atoms with van der Waals surface area (Å²) in [6.07, 6.45) is 0. The van der Waals surface area contributed by atoms with Gasteiger partial charge in [0.2, 0.25) is 0 Å². The number of fused-ring (bicyclic) bond motifs is 15. The zero-order valence-corrected chi connectivity index (χ0v) is 29.6. The molecule has 248 valence electrons. The molecule has 0 aliphatic heterocycles. The van der Waals surface area contributed by atoms with Crippen molar-refractivity contribution in [2.45, 2.75) is 19.3 Å². The van der Waals surface area contributed by atoms with Gasteiger partial charge in [0, 0.05) is 38.3 Å². The second-order valence-corrected chi connectivity index (χ2v) is 15.3. The Morgan fingerprint density at radius 2 is 0.717 bits per heavy atom. The molecular formula is C51H34N2. The van der Waals surface area contributed by atoms with Gasteiger partial charge in [-0.1, -0.05) is 123 Å². The molecule has 0 saturated heterocycles. The van der Waals surface area contributed by atoms with Crippen LogP contribution in [0.1, 0.15) is 25.0 Å². The summed E-state index contributed by atoms with van der Waals surface area (Å²) < 4.78 is 4.94. The van der Waals surface area contributed by atoms with Crippen molar-refractivity contribution in [3.05, 3.63) is 181 Å². The van der Waals surface area contributed by atoms with Gasteiger partial charge in [0.25, 0.3) is 0 Å². The smallest absolute Gasteiger partial charge is 0.0544 e. The lowest BCUT2D eigenvalue weighted by Gasteiger charge is -2.22. The quantitative estimate of drug-likeness (QED) is 0.162. The van der Waals surface area contributed by atoms with Crippen molar-refractivity contribution in [3.63, 3.8) is 0 Å². The van der Waals surface area contributed by atoms with E-state index in [1.165, 1.54) is 110 Å². The van der Waals surface area contributed by atoms with Gasteiger partial charge in [-0.05, 0) is 115 Å². The zero-order chi connectivity index (χ0) is 35.0. The molecule has 0 N–H and O–H groups in total. The molecule has 12 rings (SSSR count). The Morgan fingerprint density at radius 1 is 0.302 bits per heavy atom. The highest BCUT2D eigenvalue weighted by Gasteiger charge is 2.37. The largest absolute Gasteiger partial charge is 0.309 e. The van der Waals surface area contributed by atoms with Gasteiger partial charge in [-0.3, -0.25) is 0 Å². The number of hydrogen-bond donors (Lipinski definition) is 0. The lowest BCUT2D eigenvalue weighted by molar-refractivity contribution is 0.661. The Balaban J connectivity index is 1.14. The predicted octanol–water partition coefficient (Wildman–Crippen LogP) is 13.6. The second kappa shape index (κ2) is 10.2. The van der Waals surface area contributed by atoms with E-state index in [4.69, 9.17) is 0 Å². The molecule has 0 fully saturated rings. The van der Waals surface area contributed by atoms with Crippen LogP contribution in [-0.2, 0) is 5.41 Å². The van der Waals surface area contributed by atoms with Gasteiger partial charge < -0.3 is 9.13 Å². The van der Waals surface area contributed by atoms with Crippen LogP contribution in [0.2, 0.25) is 0 Å². The zero-order valence-electron chi connectivity index (χ0n) is 29.6. The summed E-state index contributed by atoms with van der Waals surface area (Å²) in [6, 6.07) is 63.3. The minimum atomic E-state index is -0.190. The Kier molecular flexibility index (Phi) is 5.60.